The van der Waals surface area contributed by atoms with Crippen LogP contribution in [0.5, 0.6) is 0 Å². The number of carbonyl (C=O) groups excluding carboxylic acids is 1. The third-order valence-corrected chi connectivity index (χ3v) is 3.84. The summed E-state index contributed by atoms with van der Waals surface area (Å²) in [5.74, 6) is -0.107. The number of nitrogens with zero attached hydrogens (tertiary/aromatic N) is 4. The molecule has 0 radical (unpaired) electrons. The number of aromatic nitrogens is 3. The lowest BCUT2D eigenvalue weighted by Crippen LogP contribution is -2.33. The molecule has 0 aromatic carbocycles. The topological polar surface area (TPSA) is 51.0 Å². The van der Waals surface area contributed by atoms with Crippen molar-refractivity contribution < 1.29 is 9.18 Å². The Morgan fingerprint density at radius 3 is 2.92 bits per heavy atom. The summed E-state index contributed by atoms with van der Waals surface area (Å²) >= 11 is 10.5. The molecule has 2 heterocycles. The van der Waals surface area contributed by atoms with Gasteiger partial charge in [0.05, 0.1) is 24.8 Å². The molecule has 130 valence electrons. The van der Waals surface area contributed by atoms with Crippen molar-refractivity contribution in [2.45, 2.75) is 31.4 Å². The number of hydrogen-bond donors (Lipinski definition) is 1. The van der Waals surface area contributed by atoms with Gasteiger partial charge in [0.15, 0.2) is 5.15 Å². The molecule has 1 unspecified atom stereocenters. The summed E-state index contributed by atoms with van der Waals surface area (Å²) in [5, 5.41) is 4.39. The zero-order chi connectivity index (χ0) is 17.5. The Morgan fingerprint density at radius 1 is 1.50 bits per heavy atom. The van der Waals surface area contributed by atoms with Crippen LogP contribution in [0.25, 0.3) is 5.69 Å². The summed E-state index contributed by atoms with van der Waals surface area (Å²) in [6.07, 6.45) is 6.23. The van der Waals surface area contributed by atoms with Gasteiger partial charge in [-0.15, -0.1) is 0 Å². The van der Waals surface area contributed by atoms with E-state index in [4.69, 9.17) is 11.6 Å². The normalized spacial score (nSPS) is 12.2. The van der Waals surface area contributed by atoms with E-state index in [1.165, 1.54) is 0 Å². The smallest absolute Gasteiger partial charge is 0.228 e. The molecule has 1 atom stereocenters. The SMILES string of the molecule is CC(S)CC(=O)N(CCCCF)c1cn(-c2cccnc2)nc1Cl. The number of halogens is 2. The van der Waals surface area contributed by atoms with E-state index >= 15 is 0 Å². The summed E-state index contributed by atoms with van der Waals surface area (Å²) in [6, 6.07) is 3.63. The Labute approximate surface area is 151 Å². The quantitative estimate of drug-likeness (QED) is 0.569. The van der Waals surface area contributed by atoms with E-state index in [1.54, 1.807) is 34.2 Å². The number of rotatable bonds is 8. The van der Waals surface area contributed by atoms with E-state index in [1.807, 2.05) is 13.0 Å². The Hall–Kier alpha value is -1.60. The first-order chi connectivity index (χ1) is 11.5. The van der Waals surface area contributed by atoms with E-state index in [-0.39, 0.29) is 22.7 Å². The van der Waals surface area contributed by atoms with Gasteiger partial charge in [0.1, 0.15) is 5.69 Å². The van der Waals surface area contributed by atoms with Gasteiger partial charge in [-0.1, -0.05) is 18.5 Å². The maximum atomic E-state index is 12.5. The second kappa shape index (κ2) is 9.03. The Balaban J connectivity index is 2.28. The fraction of sp³-hybridized carbons (Fsp3) is 0.438. The average Bonchev–Trinajstić information content (AvgIpc) is 2.93. The molecule has 0 aliphatic heterocycles. The van der Waals surface area contributed by atoms with Gasteiger partial charge in [-0.05, 0) is 25.0 Å². The summed E-state index contributed by atoms with van der Waals surface area (Å²) in [5.41, 5.74) is 1.25. The van der Waals surface area contributed by atoms with Crippen molar-refractivity contribution >= 4 is 35.8 Å². The van der Waals surface area contributed by atoms with E-state index < -0.39 is 6.67 Å². The van der Waals surface area contributed by atoms with Crippen LogP contribution in [-0.4, -0.2) is 39.1 Å². The molecular formula is C16H20ClFN4OS. The van der Waals surface area contributed by atoms with E-state index in [0.29, 0.717) is 25.1 Å². The van der Waals surface area contributed by atoms with Gasteiger partial charge in [0, 0.05) is 24.4 Å². The van der Waals surface area contributed by atoms with E-state index in [9.17, 15) is 9.18 Å². The van der Waals surface area contributed by atoms with Crippen molar-refractivity contribution in [3.8, 4) is 5.69 Å². The summed E-state index contributed by atoms with van der Waals surface area (Å²) in [6.45, 7) is 1.83. The molecule has 0 saturated carbocycles. The zero-order valence-corrected chi connectivity index (χ0v) is 15.1. The van der Waals surface area contributed by atoms with Crippen LogP contribution in [0.1, 0.15) is 26.2 Å². The highest BCUT2D eigenvalue weighted by atomic mass is 35.5. The third-order valence-electron chi connectivity index (χ3n) is 3.39. The van der Waals surface area contributed by atoms with Crippen molar-refractivity contribution in [2.24, 2.45) is 0 Å². The second-order valence-electron chi connectivity index (χ2n) is 5.46. The molecule has 0 saturated heterocycles. The molecule has 0 spiro atoms. The lowest BCUT2D eigenvalue weighted by atomic mass is 10.2. The first kappa shape index (κ1) is 18.7. The maximum Gasteiger partial charge on any atom is 0.228 e. The minimum absolute atomic E-state index is 0.0756. The van der Waals surface area contributed by atoms with Crippen molar-refractivity contribution in [2.75, 3.05) is 18.1 Å². The molecule has 2 aromatic heterocycles. The molecule has 0 aliphatic rings. The van der Waals surface area contributed by atoms with E-state index in [2.05, 4.69) is 22.7 Å². The van der Waals surface area contributed by atoms with Gasteiger partial charge in [-0.2, -0.15) is 17.7 Å². The Bertz CT molecular complexity index is 665. The molecule has 1 amide bonds. The number of pyridine rings is 1. The summed E-state index contributed by atoms with van der Waals surface area (Å²) in [7, 11) is 0. The highest BCUT2D eigenvalue weighted by Gasteiger charge is 2.22. The van der Waals surface area contributed by atoms with Gasteiger partial charge in [0.25, 0.3) is 0 Å². The molecule has 24 heavy (non-hydrogen) atoms. The standard InChI is InChI=1S/C16H20ClFN4OS/c1-12(24)9-15(23)21(8-3-2-6-18)14-11-22(20-16(14)17)13-5-4-7-19-10-13/h4-5,7,10-12,24H,2-3,6,8-9H2,1H3. The Kier molecular flexibility index (Phi) is 7.05. The van der Waals surface area contributed by atoms with Gasteiger partial charge in [0.2, 0.25) is 5.91 Å². The zero-order valence-electron chi connectivity index (χ0n) is 13.4. The minimum atomic E-state index is -0.409. The number of carbonyl (C=O) groups is 1. The number of anilines is 1. The molecular weight excluding hydrogens is 351 g/mol. The molecule has 5 nitrogen and oxygen atoms in total. The third kappa shape index (κ3) is 4.95. The van der Waals surface area contributed by atoms with Gasteiger partial charge < -0.3 is 4.90 Å². The molecule has 2 aromatic rings. The largest absolute Gasteiger partial charge is 0.308 e. The van der Waals surface area contributed by atoms with Crippen LogP contribution in [0.15, 0.2) is 30.7 Å². The van der Waals surface area contributed by atoms with Crippen LogP contribution in [0.3, 0.4) is 0 Å². The second-order valence-corrected chi connectivity index (χ2v) is 6.70. The van der Waals surface area contributed by atoms with Crippen LogP contribution in [0, 0.1) is 0 Å². The molecule has 8 heteroatoms. The summed E-state index contributed by atoms with van der Waals surface area (Å²) in [4.78, 5) is 18.1. The van der Waals surface area contributed by atoms with Gasteiger partial charge in [-0.25, -0.2) is 4.68 Å². The molecule has 0 bridgehead atoms. The average molecular weight is 371 g/mol. The molecule has 0 fully saturated rings. The van der Waals surface area contributed by atoms with Crippen LogP contribution in [0.2, 0.25) is 5.15 Å². The van der Waals surface area contributed by atoms with E-state index in [0.717, 1.165) is 5.69 Å². The first-order valence-corrected chi connectivity index (χ1v) is 8.62. The van der Waals surface area contributed by atoms with Crippen molar-refractivity contribution in [3.63, 3.8) is 0 Å². The molecule has 2 rings (SSSR count). The maximum absolute atomic E-state index is 12.5. The fourth-order valence-corrected chi connectivity index (χ4v) is 2.64. The molecule has 0 aliphatic carbocycles. The lowest BCUT2D eigenvalue weighted by molar-refractivity contribution is -0.118. The lowest BCUT2D eigenvalue weighted by Gasteiger charge is -2.22. The number of alkyl halides is 1. The molecule has 0 N–H and O–H groups in total. The predicted octanol–water partition coefficient (Wildman–Crippen LogP) is 3.71. The fourth-order valence-electron chi connectivity index (χ4n) is 2.25. The number of thiol groups is 1. The summed E-state index contributed by atoms with van der Waals surface area (Å²) < 4.78 is 14.0. The van der Waals surface area contributed by atoms with Gasteiger partial charge >= 0.3 is 0 Å². The van der Waals surface area contributed by atoms with Crippen LogP contribution >= 0.6 is 24.2 Å². The minimum Gasteiger partial charge on any atom is -0.308 e. The van der Waals surface area contributed by atoms with Crippen LogP contribution in [-0.2, 0) is 4.79 Å². The number of unbranched alkanes of at least 4 members (excludes halogenated alkanes) is 1. The van der Waals surface area contributed by atoms with Gasteiger partial charge in [-0.3, -0.25) is 14.2 Å². The van der Waals surface area contributed by atoms with Crippen LogP contribution in [0.4, 0.5) is 10.1 Å². The van der Waals surface area contributed by atoms with Crippen molar-refractivity contribution in [3.05, 3.63) is 35.9 Å². The monoisotopic (exact) mass is 370 g/mol. The predicted molar refractivity (Wildman–Crippen MR) is 97.0 cm³/mol. The highest BCUT2D eigenvalue weighted by molar-refractivity contribution is 7.80. The first-order valence-electron chi connectivity index (χ1n) is 7.73. The Morgan fingerprint density at radius 2 is 2.29 bits per heavy atom. The van der Waals surface area contributed by atoms with Crippen LogP contribution < -0.4 is 4.90 Å². The number of hydrogen-bond acceptors (Lipinski definition) is 4. The number of amides is 1. The van der Waals surface area contributed by atoms with Crippen molar-refractivity contribution in [1.82, 2.24) is 14.8 Å². The van der Waals surface area contributed by atoms with Crippen molar-refractivity contribution in [1.29, 1.82) is 0 Å². The highest BCUT2D eigenvalue weighted by Crippen LogP contribution is 2.27.